The van der Waals surface area contributed by atoms with E-state index >= 15 is 0 Å². The van der Waals surface area contributed by atoms with Crippen LogP contribution in [0, 0.1) is 10.1 Å². The van der Waals surface area contributed by atoms with E-state index in [1.54, 1.807) is 7.05 Å². The first-order valence-electron chi connectivity index (χ1n) is 5.74. The third-order valence-electron chi connectivity index (χ3n) is 2.76. The lowest BCUT2D eigenvalue weighted by molar-refractivity contribution is -0.384. The second-order valence-electron chi connectivity index (χ2n) is 4.14. The van der Waals surface area contributed by atoms with Gasteiger partial charge in [-0.2, -0.15) is 0 Å². The number of halogens is 2. The summed E-state index contributed by atoms with van der Waals surface area (Å²) in [6.07, 6.45) is 0. The minimum absolute atomic E-state index is 0.0467. The van der Waals surface area contributed by atoms with Crippen LogP contribution >= 0.6 is 23.2 Å². The molecule has 2 rings (SSSR count). The molecule has 2 aromatic rings. The van der Waals surface area contributed by atoms with Gasteiger partial charge in [0.2, 0.25) is 0 Å². The average Bonchev–Trinajstić information content (AvgIpc) is 2.44. The Hall–Kier alpha value is -2.18. The summed E-state index contributed by atoms with van der Waals surface area (Å²) in [5.74, 6) is -0.352. The minimum Gasteiger partial charge on any atom is -0.311 e. The molecule has 0 radical (unpaired) electrons. The number of non-ortho nitro benzene ring substituents is 1. The summed E-state index contributed by atoms with van der Waals surface area (Å²) in [6, 6.07) is 8.42. The van der Waals surface area contributed by atoms with Crippen molar-refractivity contribution in [2.24, 2.45) is 0 Å². The van der Waals surface area contributed by atoms with Gasteiger partial charge in [-0.25, -0.2) is 4.98 Å². The summed E-state index contributed by atoms with van der Waals surface area (Å²) < 4.78 is 0. The molecule has 1 aromatic carbocycles. The molecule has 108 valence electrons. The lowest BCUT2D eigenvalue weighted by atomic mass is 10.2. The van der Waals surface area contributed by atoms with Gasteiger partial charge in [-0.05, 0) is 24.3 Å². The van der Waals surface area contributed by atoms with Gasteiger partial charge in [-0.15, -0.1) is 0 Å². The third kappa shape index (κ3) is 3.48. The Morgan fingerprint density at radius 3 is 2.19 bits per heavy atom. The van der Waals surface area contributed by atoms with E-state index in [0.29, 0.717) is 5.69 Å². The number of nitrogens with zero attached hydrogens (tertiary/aromatic N) is 3. The van der Waals surface area contributed by atoms with Crippen LogP contribution in [0.2, 0.25) is 10.3 Å². The fourth-order valence-electron chi connectivity index (χ4n) is 1.70. The lowest BCUT2D eigenvalue weighted by Gasteiger charge is -2.17. The molecule has 0 saturated heterocycles. The molecule has 6 nitrogen and oxygen atoms in total. The molecular formula is C13H9Cl2N3O3. The number of pyridine rings is 1. The van der Waals surface area contributed by atoms with E-state index in [-0.39, 0.29) is 27.5 Å². The molecule has 0 unspecified atom stereocenters. The number of benzene rings is 1. The van der Waals surface area contributed by atoms with Crippen molar-refractivity contribution in [1.82, 2.24) is 4.98 Å². The summed E-state index contributed by atoms with van der Waals surface area (Å²) in [5.41, 5.74) is 0.741. The molecule has 0 saturated carbocycles. The minimum atomic E-state index is -0.506. The summed E-state index contributed by atoms with van der Waals surface area (Å²) in [4.78, 5) is 27.5. The van der Waals surface area contributed by atoms with Crippen molar-refractivity contribution in [3.05, 3.63) is 62.4 Å². The molecule has 0 aliphatic carbocycles. The molecule has 0 aliphatic rings. The van der Waals surface area contributed by atoms with Crippen LogP contribution in [0.4, 0.5) is 11.4 Å². The van der Waals surface area contributed by atoms with Crippen LogP contribution in [0.15, 0.2) is 36.4 Å². The zero-order valence-corrected chi connectivity index (χ0v) is 12.3. The van der Waals surface area contributed by atoms with Crippen molar-refractivity contribution in [3.63, 3.8) is 0 Å². The van der Waals surface area contributed by atoms with Gasteiger partial charge < -0.3 is 4.90 Å². The number of hydrogen-bond donors (Lipinski definition) is 0. The van der Waals surface area contributed by atoms with Crippen molar-refractivity contribution in [2.75, 3.05) is 11.9 Å². The van der Waals surface area contributed by atoms with Gasteiger partial charge in [0.15, 0.2) is 0 Å². The predicted octanol–water partition coefficient (Wildman–Crippen LogP) is 3.57. The Bertz CT molecular complexity index is 684. The van der Waals surface area contributed by atoms with Gasteiger partial charge in [0.25, 0.3) is 11.6 Å². The van der Waals surface area contributed by atoms with Crippen molar-refractivity contribution in [2.45, 2.75) is 0 Å². The molecule has 1 aromatic heterocycles. The van der Waals surface area contributed by atoms with E-state index in [4.69, 9.17) is 23.2 Å². The van der Waals surface area contributed by atoms with E-state index in [1.807, 2.05) is 0 Å². The topological polar surface area (TPSA) is 76.3 Å². The summed E-state index contributed by atoms with van der Waals surface area (Å²) in [7, 11) is 1.55. The molecule has 0 fully saturated rings. The van der Waals surface area contributed by atoms with Crippen LogP contribution in [-0.4, -0.2) is 22.9 Å². The second-order valence-corrected chi connectivity index (χ2v) is 4.91. The van der Waals surface area contributed by atoms with E-state index < -0.39 is 4.92 Å². The average molecular weight is 326 g/mol. The van der Waals surface area contributed by atoms with E-state index in [9.17, 15) is 14.9 Å². The van der Waals surface area contributed by atoms with E-state index in [2.05, 4.69) is 4.98 Å². The fourth-order valence-corrected chi connectivity index (χ4v) is 2.16. The maximum Gasteiger partial charge on any atom is 0.269 e. The second kappa shape index (κ2) is 6.07. The van der Waals surface area contributed by atoms with Crippen LogP contribution in [0.5, 0.6) is 0 Å². The molecule has 1 amide bonds. The Morgan fingerprint density at radius 1 is 1.19 bits per heavy atom. The smallest absolute Gasteiger partial charge is 0.269 e. The summed E-state index contributed by atoms with van der Waals surface area (Å²) in [5, 5.41) is 10.8. The van der Waals surface area contributed by atoms with Gasteiger partial charge in [-0.3, -0.25) is 14.9 Å². The molecular weight excluding hydrogens is 317 g/mol. The highest BCUT2D eigenvalue weighted by molar-refractivity contribution is 6.33. The lowest BCUT2D eigenvalue weighted by Crippen LogP contribution is -2.26. The van der Waals surface area contributed by atoms with Crippen molar-refractivity contribution in [3.8, 4) is 0 Å². The van der Waals surface area contributed by atoms with Crippen LogP contribution < -0.4 is 4.90 Å². The predicted molar refractivity (Wildman–Crippen MR) is 80.1 cm³/mol. The molecule has 0 aliphatic heterocycles. The van der Waals surface area contributed by atoms with Gasteiger partial charge >= 0.3 is 0 Å². The number of amides is 1. The number of nitro benzene ring substituents is 1. The van der Waals surface area contributed by atoms with Crippen LogP contribution in [0.3, 0.4) is 0 Å². The fraction of sp³-hybridized carbons (Fsp3) is 0.0769. The van der Waals surface area contributed by atoms with Gasteiger partial charge in [0.1, 0.15) is 10.3 Å². The highest BCUT2D eigenvalue weighted by atomic mass is 35.5. The van der Waals surface area contributed by atoms with Crippen LogP contribution in [0.1, 0.15) is 10.4 Å². The first kappa shape index (κ1) is 15.2. The number of rotatable bonds is 3. The molecule has 21 heavy (non-hydrogen) atoms. The monoisotopic (exact) mass is 325 g/mol. The number of hydrogen-bond acceptors (Lipinski definition) is 4. The largest absolute Gasteiger partial charge is 0.311 e. The van der Waals surface area contributed by atoms with Crippen molar-refractivity contribution < 1.29 is 9.72 Å². The zero-order chi connectivity index (χ0) is 15.6. The number of carbonyl (C=O) groups excluding carboxylic acids is 1. The highest BCUT2D eigenvalue weighted by Crippen LogP contribution is 2.21. The van der Waals surface area contributed by atoms with Crippen LogP contribution in [-0.2, 0) is 0 Å². The number of carbonyl (C=O) groups is 1. The Kier molecular flexibility index (Phi) is 4.40. The molecule has 0 N–H and O–H groups in total. The maximum atomic E-state index is 12.3. The number of nitro groups is 1. The molecule has 8 heteroatoms. The Labute approximate surface area is 130 Å². The summed E-state index contributed by atoms with van der Waals surface area (Å²) in [6.45, 7) is 0. The molecule has 0 bridgehead atoms. The zero-order valence-electron chi connectivity index (χ0n) is 10.8. The van der Waals surface area contributed by atoms with Gasteiger partial charge in [0, 0.05) is 30.4 Å². The van der Waals surface area contributed by atoms with Crippen LogP contribution in [0.25, 0.3) is 0 Å². The van der Waals surface area contributed by atoms with Crippen molar-refractivity contribution >= 4 is 40.5 Å². The first-order valence-corrected chi connectivity index (χ1v) is 6.49. The SMILES string of the molecule is CN(C(=O)c1cc(Cl)nc(Cl)c1)c1ccc([N+](=O)[O-])cc1. The number of anilines is 1. The molecule has 0 atom stereocenters. The quantitative estimate of drug-likeness (QED) is 0.491. The van der Waals surface area contributed by atoms with E-state index in [1.165, 1.54) is 41.3 Å². The van der Waals surface area contributed by atoms with Crippen molar-refractivity contribution in [1.29, 1.82) is 0 Å². The third-order valence-corrected chi connectivity index (χ3v) is 3.15. The summed E-state index contributed by atoms with van der Waals surface area (Å²) >= 11 is 11.5. The standard InChI is InChI=1S/C13H9Cl2N3O3/c1-17(9-2-4-10(5-3-9)18(20)21)13(19)8-6-11(14)16-12(15)7-8/h2-7H,1H3. The van der Waals surface area contributed by atoms with E-state index in [0.717, 1.165) is 0 Å². The Balaban J connectivity index is 2.28. The van der Waals surface area contributed by atoms with Gasteiger partial charge in [-0.1, -0.05) is 23.2 Å². The molecule has 0 spiro atoms. The highest BCUT2D eigenvalue weighted by Gasteiger charge is 2.16. The normalized spacial score (nSPS) is 10.2. The maximum absolute atomic E-state index is 12.3. The first-order chi connectivity index (χ1) is 9.88. The Morgan fingerprint density at radius 2 is 1.71 bits per heavy atom. The van der Waals surface area contributed by atoms with Gasteiger partial charge in [0.05, 0.1) is 4.92 Å². The number of aromatic nitrogens is 1. The molecule has 1 heterocycles.